The Morgan fingerprint density at radius 3 is 2.81 bits per heavy atom. The number of aryl methyl sites for hydroxylation is 1. The summed E-state index contributed by atoms with van der Waals surface area (Å²) in [5, 5.41) is 2.83. The van der Waals surface area contributed by atoms with Crippen molar-refractivity contribution in [3.05, 3.63) is 17.8 Å². The molecule has 1 amide bonds. The van der Waals surface area contributed by atoms with Gasteiger partial charge in [-0.3, -0.25) is 19.6 Å². The van der Waals surface area contributed by atoms with E-state index >= 15 is 0 Å². The van der Waals surface area contributed by atoms with Crippen molar-refractivity contribution in [3.8, 4) is 0 Å². The highest BCUT2D eigenvalue weighted by atomic mass is 19.3. The SMILES string of the molecule is Cc1ccc2nc(NC(=O)CN3CCCC(F)(F)C3)n(C3CCC3)c2n1. The van der Waals surface area contributed by atoms with Crippen molar-refractivity contribution in [2.75, 3.05) is 25.0 Å². The Balaban J connectivity index is 1.54. The Morgan fingerprint density at radius 1 is 1.31 bits per heavy atom. The number of imidazole rings is 1. The zero-order chi connectivity index (χ0) is 18.3. The van der Waals surface area contributed by atoms with E-state index in [0.717, 1.165) is 36.1 Å². The summed E-state index contributed by atoms with van der Waals surface area (Å²) in [6.07, 6.45) is 3.51. The van der Waals surface area contributed by atoms with Crippen molar-refractivity contribution in [3.63, 3.8) is 0 Å². The van der Waals surface area contributed by atoms with Crippen LogP contribution in [0.2, 0.25) is 0 Å². The molecule has 0 aromatic carbocycles. The molecule has 4 rings (SSSR count). The van der Waals surface area contributed by atoms with Crippen LogP contribution in [0, 0.1) is 6.92 Å². The number of piperidine rings is 1. The molecular weight excluding hydrogens is 340 g/mol. The number of carbonyl (C=O) groups is 1. The number of rotatable bonds is 4. The van der Waals surface area contributed by atoms with Crippen LogP contribution in [0.15, 0.2) is 12.1 Å². The van der Waals surface area contributed by atoms with Gasteiger partial charge in [0, 0.05) is 18.2 Å². The second-order valence-corrected chi connectivity index (χ2v) is 7.40. The van der Waals surface area contributed by atoms with E-state index in [1.807, 2.05) is 23.6 Å². The molecule has 2 aromatic rings. The van der Waals surface area contributed by atoms with Crippen LogP contribution >= 0.6 is 0 Å². The number of carbonyl (C=O) groups excluding carboxylic acids is 1. The van der Waals surface area contributed by atoms with Crippen molar-refractivity contribution in [1.82, 2.24) is 19.4 Å². The van der Waals surface area contributed by atoms with E-state index in [4.69, 9.17) is 0 Å². The third kappa shape index (κ3) is 3.42. The molecule has 1 saturated carbocycles. The number of hydrogen-bond donors (Lipinski definition) is 1. The van der Waals surface area contributed by atoms with Crippen LogP contribution < -0.4 is 5.32 Å². The zero-order valence-electron chi connectivity index (χ0n) is 14.8. The number of fused-ring (bicyclic) bond motifs is 1. The van der Waals surface area contributed by atoms with E-state index in [1.54, 1.807) is 0 Å². The maximum Gasteiger partial charge on any atom is 0.260 e. The first-order chi connectivity index (χ1) is 12.4. The van der Waals surface area contributed by atoms with Gasteiger partial charge in [-0.2, -0.15) is 0 Å². The van der Waals surface area contributed by atoms with E-state index in [0.29, 0.717) is 18.9 Å². The molecule has 6 nitrogen and oxygen atoms in total. The summed E-state index contributed by atoms with van der Waals surface area (Å²) in [4.78, 5) is 23.1. The molecular formula is C18H23F2N5O. The molecule has 3 heterocycles. The van der Waals surface area contributed by atoms with Crippen LogP contribution in [0.4, 0.5) is 14.7 Å². The number of nitrogens with zero attached hydrogens (tertiary/aromatic N) is 4. The van der Waals surface area contributed by atoms with E-state index in [-0.39, 0.29) is 31.5 Å². The third-order valence-electron chi connectivity index (χ3n) is 5.21. The molecule has 0 atom stereocenters. The second-order valence-electron chi connectivity index (χ2n) is 7.40. The molecule has 1 saturated heterocycles. The Hall–Kier alpha value is -2.09. The average molecular weight is 363 g/mol. The molecule has 8 heteroatoms. The summed E-state index contributed by atoms with van der Waals surface area (Å²) in [5.74, 6) is -2.55. The van der Waals surface area contributed by atoms with Crippen LogP contribution in [0.3, 0.4) is 0 Å². The molecule has 1 N–H and O–H groups in total. The van der Waals surface area contributed by atoms with Gasteiger partial charge in [-0.1, -0.05) is 0 Å². The number of likely N-dealkylation sites (tertiary alicyclic amines) is 1. The normalized spacial score (nSPS) is 20.9. The van der Waals surface area contributed by atoms with Crippen LogP contribution in [-0.4, -0.2) is 50.9 Å². The molecule has 0 unspecified atom stereocenters. The lowest BCUT2D eigenvalue weighted by Crippen LogP contribution is -2.45. The maximum absolute atomic E-state index is 13.5. The topological polar surface area (TPSA) is 63.1 Å². The van der Waals surface area contributed by atoms with E-state index in [9.17, 15) is 13.6 Å². The van der Waals surface area contributed by atoms with E-state index in [2.05, 4.69) is 15.3 Å². The fourth-order valence-electron chi connectivity index (χ4n) is 3.70. The molecule has 2 aliphatic rings. The Morgan fingerprint density at radius 2 is 2.12 bits per heavy atom. The Kier molecular flexibility index (Phi) is 4.38. The smallest absolute Gasteiger partial charge is 0.260 e. The largest absolute Gasteiger partial charge is 0.295 e. The predicted octanol–water partition coefficient (Wildman–Crippen LogP) is 3.13. The van der Waals surface area contributed by atoms with Crippen molar-refractivity contribution in [1.29, 1.82) is 0 Å². The number of nitrogens with one attached hydrogen (secondary N) is 1. The maximum atomic E-state index is 13.5. The summed E-state index contributed by atoms with van der Waals surface area (Å²) in [6.45, 7) is 2.03. The average Bonchev–Trinajstić information content (AvgIpc) is 2.82. The highest BCUT2D eigenvalue weighted by molar-refractivity contribution is 5.92. The van der Waals surface area contributed by atoms with Gasteiger partial charge in [-0.05, 0) is 51.3 Å². The lowest BCUT2D eigenvalue weighted by atomic mass is 9.93. The van der Waals surface area contributed by atoms with Crippen LogP contribution in [-0.2, 0) is 4.79 Å². The standard InChI is InChI=1S/C18H23F2N5O/c1-12-6-7-14-16(21-12)25(13-4-2-5-13)17(22-14)23-15(26)10-24-9-3-8-18(19,20)11-24/h6-7,13H,2-5,8-11H2,1H3,(H,22,23,26). The minimum Gasteiger partial charge on any atom is -0.295 e. The lowest BCUT2D eigenvalue weighted by Gasteiger charge is -2.32. The Bertz CT molecular complexity index is 830. The Labute approximate surface area is 150 Å². The minimum atomic E-state index is -2.71. The van der Waals surface area contributed by atoms with Crippen molar-refractivity contribution >= 4 is 23.0 Å². The zero-order valence-corrected chi connectivity index (χ0v) is 14.8. The van der Waals surface area contributed by atoms with Gasteiger partial charge in [-0.15, -0.1) is 0 Å². The number of amides is 1. The van der Waals surface area contributed by atoms with Gasteiger partial charge < -0.3 is 0 Å². The molecule has 2 aromatic heterocycles. The van der Waals surface area contributed by atoms with Gasteiger partial charge in [0.2, 0.25) is 11.9 Å². The number of hydrogen-bond acceptors (Lipinski definition) is 4. The van der Waals surface area contributed by atoms with Gasteiger partial charge in [0.05, 0.1) is 13.1 Å². The van der Waals surface area contributed by atoms with Gasteiger partial charge in [-0.25, -0.2) is 18.7 Å². The molecule has 0 bridgehead atoms. The van der Waals surface area contributed by atoms with Gasteiger partial charge in [0.1, 0.15) is 5.52 Å². The highest BCUT2D eigenvalue weighted by Gasteiger charge is 2.36. The number of aromatic nitrogens is 3. The molecule has 2 fully saturated rings. The highest BCUT2D eigenvalue weighted by Crippen LogP contribution is 2.36. The van der Waals surface area contributed by atoms with Gasteiger partial charge in [0.15, 0.2) is 5.65 Å². The second kappa shape index (κ2) is 6.57. The first-order valence-corrected chi connectivity index (χ1v) is 9.17. The number of anilines is 1. The summed E-state index contributed by atoms with van der Waals surface area (Å²) < 4.78 is 29.1. The van der Waals surface area contributed by atoms with E-state index < -0.39 is 5.92 Å². The van der Waals surface area contributed by atoms with Crippen LogP contribution in [0.25, 0.3) is 11.2 Å². The lowest BCUT2D eigenvalue weighted by molar-refractivity contribution is -0.120. The predicted molar refractivity (Wildman–Crippen MR) is 94.4 cm³/mol. The molecule has 0 spiro atoms. The first-order valence-electron chi connectivity index (χ1n) is 9.17. The molecule has 0 radical (unpaired) electrons. The fourth-order valence-corrected chi connectivity index (χ4v) is 3.70. The quantitative estimate of drug-likeness (QED) is 0.907. The summed E-state index contributed by atoms with van der Waals surface area (Å²) in [7, 11) is 0. The molecule has 26 heavy (non-hydrogen) atoms. The number of pyridine rings is 1. The van der Waals surface area contributed by atoms with Crippen molar-refractivity contribution < 1.29 is 13.6 Å². The minimum absolute atomic E-state index is 0.0457. The van der Waals surface area contributed by atoms with Crippen molar-refractivity contribution in [2.24, 2.45) is 0 Å². The molecule has 1 aliphatic carbocycles. The number of alkyl halides is 2. The molecule has 140 valence electrons. The van der Waals surface area contributed by atoms with Gasteiger partial charge in [0.25, 0.3) is 5.92 Å². The van der Waals surface area contributed by atoms with Crippen molar-refractivity contribution in [2.45, 2.75) is 51.0 Å². The number of halogens is 2. The van der Waals surface area contributed by atoms with E-state index in [1.165, 1.54) is 4.90 Å². The monoisotopic (exact) mass is 363 g/mol. The first kappa shape index (κ1) is 17.3. The summed E-state index contributed by atoms with van der Waals surface area (Å²) in [6, 6.07) is 4.07. The third-order valence-corrected chi connectivity index (χ3v) is 5.21. The van der Waals surface area contributed by atoms with Gasteiger partial charge >= 0.3 is 0 Å². The summed E-state index contributed by atoms with van der Waals surface area (Å²) in [5.41, 5.74) is 2.41. The fraction of sp³-hybridized carbons (Fsp3) is 0.611. The van der Waals surface area contributed by atoms with Crippen LogP contribution in [0.5, 0.6) is 0 Å². The molecule has 1 aliphatic heterocycles. The van der Waals surface area contributed by atoms with Crippen LogP contribution in [0.1, 0.15) is 43.8 Å². The summed E-state index contributed by atoms with van der Waals surface area (Å²) >= 11 is 0.